The second-order valence-corrected chi connectivity index (χ2v) is 4.89. The SMILES string of the molecule is CCC(CNC(=O)Nc1ccccc1CNC)CC(=O)O. The second-order valence-electron chi connectivity index (χ2n) is 4.89. The molecule has 6 heteroatoms. The monoisotopic (exact) mass is 293 g/mol. The van der Waals surface area contributed by atoms with Gasteiger partial charge in [-0.3, -0.25) is 4.79 Å². The molecule has 0 aliphatic heterocycles. The van der Waals surface area contributed by atoms with Gasteiger partial charge in [0.2, 0.25) is 0 Å². The van der Waals surface area contributed by atoms with E-state index in [4.69, 9.17) is 5.11 Å². The van der Waals surface area contributed by atoms with Crippen LogP contribution in [0.1, 0.15) is 25.3 Å². The lowest BCUT2D eigenvalue weighted by molar-refractivity contribution is -0.138. The van der Waals surface area contributed by atoms with Crippen molar-refractivity contribution in [3.63, 3.8) is 0 Å². The maximum Gasteiger partial charge on any atom is 0.319 e. The minimum Gasteiger partial charge on any atom is -0.481 e. The Morgan fingerprint density at radius 1 is 1.29 bits per heavy atom. The van der Waals surface area contributed by atoms with Crippen LogP contribution in [0.25, 0.3) is 0 Å². The fraction of sp³-hybridized carbons (Fsp3) is 0.467. The molecule has 0 aromatic heterocycles. The first kappa shape index (κ1) is 17.0. The molecule has 116 valence electrons. The third-order valence-corrected chi connectivity index (χ3v) is 3.22. The molecule has 0 aliphatic rings. The van der Waals surface area contributed by atoms with Crippen molar-refractivity contribution in [1.82, 2.24) is 10.6 Å². The zero-order chi connectivity index (χ0) is 15.7. The summed E-state index contributed by atoms with van der Waals surface area (Å²) in [7, 11) is 1.84. The van der Waals surface area contributed by atoms with Gasteiger partial charge in [-0.25, -0.2) is 4.79 Å². The van der Waals surface area contributed by atoms with Crippen LogP contribution >= 0.6 is 0 Å². The average molecular weight is 293 g/mol. The first-order valence-corrected chi connectivity index (χ1v) is 7.06. The van der Waals surface area contributed by atoms with Crippen molar-refractivity contribution in [2.45, 2.75) is 26.3 Å². The van der Waals surface area contributed by atoms with Gasteiger partial charge >= 0.3 is 12.0 Å². The van der Waals surface area contributed by atoms with E-state index >= 15 is 0 Å². The number of nitrogens with one attached hydrogen (secondary N) is 3. The molecule has 1 atom stereocenters. The Morgan fingerprint density at radius 3 is 2.62 bits per heavy atom. The van der Waals surface area contributed by atoms with Crippen LogP contribution in [0, 0.1) is 5.92 Å². The predicted octanol–water partition coefficient (Wildman–Crippen LogP) is 2.03. The summed E-state index contributed by atoms with van der Waals surface area (Å²) in [5, 5.41) is 17.3. The summed E-state index contributed by atoms with van der Waals surface area (Å²) in [6.07, 6.45) is 0.774. The van der Waals surface area contributed by atoms with Crippen molar-refractivity contribution >= 4 is 17.7 Å². The average Bonchev–Trinajstić information content (AvgIpc) is 2.45. The van der Waals surface area contributed by atoms with Crippen LogP contribution in [-0.4, -0.2) is 30.7 Å². The number of carboxylic acid groups (broad SMARTS) is 1. The highest BCUT2D eigenvalue weighted by Crippen LogP contribution is 2.14. The van der Waals surface area contributed by atoms with Crippen LogP contribution in [0.2, 0.25) is 0 Å². The van der Waals surface area contributed by atoms with Crippen molar-refractivity contribution < 1.29 is 14.7 Å². The molecule has 1 rings (SSSR count). The Balaban J connectivity index is 2.52. The van der Waals surface area contributed by atoms with E-state index in [1.54, 1.807) is 0 Å². The number of carboxylic acids is 1. The molecule has 1 unspecified atom stereocenters. The van der Waals surface area contributed by atoms with Gasteiger partial charge in [0.1, 0.15) is 0 Å². The van der Waals surface area contributed by atoms with Crippen molar-refractivity contribution in [1.29, 1.82) is 0 Å². The van der Waals surface area contributed by atoms with Gasteiger partial charge in [0.15, 0.2) is 0 Å². The molecule has 0 heterocycles. The van der Waals surface area contributed by atoms with Crippen molar-refractivity contribution in [2.24, 2.45) is 5.92 Å². The van der Waals surface area contributed by atoms with E-state index in [0.717, 1.165) is 11.3 Å². The van der Waals surface area contributed by atoms with Crippen LogP contribution in [0.5, 0.6) is 0 Å². The summed E-state index contributed by atoms with van der Waals surface area (Å²) in [5.41, 5.74) is 1.74. The smallest absolute Gasteiger partial charge is 0.319 e. The number of anilines is 1. The summed E-state index contributed by atoms with van der Waals surface area (Å²) in [4.78, 5) is 22.6. The Kier molecular flexibility index (Phi) is 7.25. The van der Waals surface area contributed by atoms with Gasteiger partial charge < -0.3 is 21.1 Å². The second kappa shape index (κ2) is 8.97. The number of benzene rings is 1. The summed E-state index contributed by atoms with van der Waals surface area (Å²) in [6, 6.07) is 7.22. The number of rotatable bonds is 8. The largest absolute Gasteiger partial charge is 0.481 e. The molecule has 0 spiro atoms. The Morgan fingerprint density at radius 2 is 2.00 bits per heavy atom. The molecule has 0 saturated carbocycles. The molecule has 0 bridgehead atoms. The van der Waals surface area contributed by atoms with Crippen LogP contribution in [0.3, 0.4) is 0 Å². The summed E-state index contributed by atoms with van der Waals surface area (Å²) in [5.74, 6) is -0.899. The molecule has 1 aromatic carbocycles. The fourth-order valence-corrected chi connectivity index (χ4v) is 2.00. The van der Waals surface area contributed by atoms with Gasteiger partial charge in [-0.15, -0.1) is 0 Å². The number of aliphatic carboxylic acids is 1. The van der Waals surface area contributed by atoms with Gasteiger partial charge in [0.05, 0.1) is 0 Å². The fourth-order valence-electron chi connectivity index (χ4n) is 2.00. The first-order valence-electron chi connectivity index (χ1n) is 7.06. The zero-order valence-electron chi connectivity index (χ0n) is 12.5. The Hall–Kier alpha value is -2.08. The number of urea groups is 1. The molecule has 0 fully saturated rings. The Bertz CT molecular complexity index is 477. The molecule has 21 heavy (non-hydrogen) atoms. The van der Waals surface area contributed by atoms with E-state index in [9.17, 15) is 9.59 Å². The summed E-state index contributed by atoms with van der Waals surface area (Å²) in [6.45, 7) is 2.92. The molecular weight excluding hydrogens is 270 g/mol. The maximum absolute atomic E-state index is 11.9. The van der Waals surface area contributed by atoms with Crippen LogP contribution < -0.4 is 16.0 Å². The third-order valence-electron chi connectivity index (χ3n) is 3.22. The summed E-state index contributed by atoms with van der Waals surface area (Å²) >= 11 is 0. The van der Waals surface area contributed by atoms with E-state index < -0.39 is 5.97 Å². The number of amides is 2. The molecule has 2 amide bonds. The number of hydrogen-bond acceptors (Lipinski definition) is 3. The highest BCUT2D eigenvalue weighted by molar-refractivity contribution is 5.90. The number of carbonyl (C=O) groups excluding carboxylic acids is 1. The number of hydrogen-bond donors (Lipinski definition) is 4. The molecule has 0 radical (unpaired) electrons. The number of para-hydroxylation sites is 1. The Labute approximate surface area is 124 Å². The molecular formula is C15H23N3O3. The maximum atomic E-state index is 11.9. The van der Waals surface area contributed by atoms with E-state index in [2.05, 4.69) is 16.0 Å². The standard InChI is InChI=1S/C15H23N3O3/c1-3-11(8-14(19)20)9-17-15(21)18-13-7-5-4-6-12(13)10-16-2/h4-7,11,16H,3,8-10H2,1-2H3,(H,19,20)(H2,17,18,21). The topological polar surface area (TPSA) is 90.5 Å². The van der Waals surface area contributed by atoms with Crippen LogP contribution in [-0.2, 0) is 11.3 Å². The van der Waals surface area contributed by atoms with E-state index in [1.165, 1.54) is 0 Å². The molecule has 4 N–H and O–H groups in total. The lowest BCUT2D eigenvalue weighted by atomic mass is 10.0. The van der Waals surface area contributed by atoms with Gasteiger partial charge in [-0.2, -0.15) is 0 Å². The summed E-state index contributed by atoms with van der Waals surface area (Å²) < 4.78 is 0. The number of carbonyl (C=O) groups is 2. The first-order chi connectivity index (χ1) is 10.1. The van der Waals surface area contributed by atoms with Crippen molar-refractivity contribution in [2.75, 3.05) is 18.9 Å². The lowest BCUT2D eigenvalue weighted by Gasteiger charge is -2.15. The minimum absolute atomic E-state index is 0.0548. The molecule has 6 nitrogen and oxygen atoms in total. The highest BCUT2D eigenvalue weighted by atomic mass is 16.4. The highest BCUT2D eigenvalue weighted by Gasteiger charge is 2.13. The van der Waals surface area contributed by atoms with Gasteiger partial charge in [-0.1, -0.05) is 31.5 Å². The van der Waals surface area contributed by atoms with E-state index in [1.807, 2.05) is 38.2 Å². The van der Waals surface area contributed by atoms with E-state index in [-0.39, 0.29) is 18.4 Å². The van der Waals surface area contributed by atoms with Gasteiger partial charge in [0, 0.05) is 25.2 Å². The minimum atomic E-state index is -0.844. The zero-order valence-corrected chi connectivity index (χ0v) is 12.5. The predicted molar refractivity (Wildman–Crippen MR) is 82.3 cm³/mol. The van der Waals surface area contributed by atoms with E-state index in [0.29, 0.717) is 19.5 Å². The van der Waals surface area contributed by atoms with Crippen LogP contribution in [0.4, 0.5) is 10.5 Å². The van der Waals surface area contributed by atoms with Gasteiger partial charge in [0.25, 0.3) is 0 Å². The van der Waals surface area contributed by atoms with Crippen molar-refractivity contribution in [3.8, 4) is 0 Å². The normalized spacial score (nSPS) is 11.7. The van der Waals surface area contributed by atoms with Gasteiger partial charge in [-0.05, 0) is 24.6 Å². The molecule has 1 aromatic rings. The lowest BCUT2D eigenvalue weighted by Crippen LogP contribution is -2.34. The molecule has 0 aliphatic carbocycles. The van der Waals surface area contributed by atoms with Crippen LogP contribution in [0.15, 0.2) is 24.3 Å². The van der Waals surface area contributed by atoms with Crippen molar-refractivity contribution in [3.05, 3.63) is 29.8 Å². The molecule has 0 saturated heterocycles. The third kappa shape index (κ3) is 6.27. The quantitative estimate of drug-likeness (QED) is 0.590.